The van der Waals surface area contributed by atoms with Gasteiger partial charge in [0, 0.05) is 47.6 Å². The van der Waals surface area contributed by atoms with E-state index in [4.69, 9.17) is 23.2 Å². The zero-order chi connectivity index (χ0) is 44.0. The molecule has 0 aliphatic heterocycles. The smallest absolute Gasteiger partial charge is 0.166 e. The van der Waals surface area contributed by atoms with E-state index in [1.54, 1.807) is 15.9 Å². The van der Waals surface area contributed by atoms with E-state index in [1.165, 1.54) is 0 Å². The van der Waals surface area contributed by atoms with Crippen molar-refractivity contribution in [3.8, 4) is 62.1 Å². The largest absolute Gasteiger partial charge is 0.308 e. The van der Waals surface area contributed by atoms with Gasteiger partial charge in [-0.3, -0.25) is 0 Å². The molecule has 262 valence electrons. The normalized spacial score (nSPS) is 13.6. The molecule has 11 aromatic rings. The summed E-state index contributed by atoms with van der Waals surface area (Å²) in [6.07, 6.45) is 0. The van der Waals surface area contributed by atoms with Crippen molar-refractivity contribution >= 4 is 53.3 Å². The number of hydrogen-bond donors (Lipinski definition) is 0. The molecule has 0 spiro atoms. The van der Waals surface area contributed by atoms with Gasteiger partial charge >= 0.3 is 0 Å². The summed E-state index contributed by atoms with van der Waals surface area (Å²) in [6, 6.07) is 44.1. The molecule has 0 amide bonds. The minimum Gasteiger partial charge on any atom is -0.308 e. The summed E-state index contributed by atoms with van der Waals surface area (Å²) in [6.45, 7) is 0. The van der Waals surface area contributed by atoms with E-state index in [0.717, 1.165) is 53.6 Å². The highest BCUT2D eigenvalue weighted by molar-refractivity contribution is 7.26. The van der Waals surface area contributed by atoms with Crippen molar-refractivity contribution in [2.75, 3.05) is 0 Å². The molecule has 3 heterocycles. The number of rotatable bonds is 6. The standard InChI is InChI=1S/C51H32N4S/c1-4-15-33(16-5-1)36-28-30-47-43(31-36)41-24-14-23-38(48(41)56-47)37-27-29-42(46(32-37)55-44-25-12-10-21-39(44)40-22-11-13-26-45(40)55)51-53-49(34-17-6-2-7-18-34)52-50(54-51)35-19-8-3-9-20-35/h1-32H/i10D,11D,12D,13D,21D,22D,25D,26D. The summed E-state index contributed by atoms with van der Waals surface area (Å²) < 4.78 is 75.7. The van der Waals surface area contributed by atoms with Gasteiger partial charge in [0.25, 0.3) is 0 Å². The second kappa shape index (κ2) is 13.3. The van der Waals surface area contributed by atoms with Crippen LogP contribution in [0.5, 0.6) is 0 Å². The first-order valence-electron chi connectivity index (χ1n) is 22.1. The third-order valence-electron chi connectivity index (χ3n) is 10.1. The van der Waals surface area contributed by atoms with Gasteiger partial charge < -0.3 is 4.57 Å². The van der Waals surface area contributed by atoms with E-state index in [1.807, 2.05) is 109 Å². The number of benzene rings is 8. The first-order valence-corrected chi connectivity index (χ1v) is 18.9. The molecule has 0 aliphatic rings. The lowest BCUT2D eigenvalue weighted by Gasteiger charge is -2.16. The molecule has 0 atom stereocenters. The summed E-state index contributed by atoms with van der Waals surface area (Å²) in [7, 11) is 0. The Labute approximate surface area is 338 Å². The van der Waals surface area contributed by atoms with Crippen LogP contribution in [0.4, 0.5) is 0 Å². The molecule has 5 heteroatoms. The van der Waals surface area contributed by atoms with Gasteiger partial charge in [0.1, 0.15) is 0 Å². The average Bonchev–Trinajstić information content (AvgIpc) is 3.91. The molecule has 0 fully saturated rings. The monoisotopic (exact) mass is 740 g/mol. The lowest BCUT2D eigenvalue weighted by Crippen LogP contribution is -2.04. The molecule has 4 nitrogen and oxygen atoms in total. The van der Waals surface area contributed by atoms with E-state index < -0.39 is 48.3 Å². The molecule has 0 unspecified atom stereocenters. The summed E-state index contributed by atoms with van der Waals surface area (Å²) in [5.41, 5.74) is 6.16. The quantitative estimate of drug-likeness (QED) is 0.170. The fourth-order valence-electron chi connectivity index (χ4n) is 7.50. The Morgan fingerprint density at radius 1 is 0.411 bits per heavy atom. The summed E-state index contributed by atoms with van der Waals surface area (Å²) in [5, 5.41) is 2.14. The Hall–Kier alpha value is -7.21. The van der Waals surface area contributed by atoms with Crippen LogP contribution in [-0.2, 0) is 0 Å². The SMILES string of the molecule is [2H]c1c([2H])c([2H])c2c(c1[2H])c1c([2H])c([2H])c([2H])c([2H])c1n2-c1cc(-c2cccc3c2sc2ccc(-c4ccccc4)cc23)ccc1-c1nc(-c2ccccc2)nc(-c2ccccc2)n1. The van der Waals surface area contributed by atoms with Crippen LogP contribution in [0.2, 0.25) is 0 Å². The molecule has 0 N–H and O–H groups in total. The summed E-state index contributed by atoms with van der Waals surface area (Å²) in [5.74, 6) is 1.05. The average molecular weight is 741 g/mol. The Morgan fingerprint density at radius 3 is 1.62 bits per heavy atom. The van der Waals surface area contributed by atoms with Crippen molar-refractivity contribution in [2.24, 2.45) is 0 Å². The van der Waals surface area contributed by atoms with Crippen molar-refractivity contribution in [2.45, 2.75) is 0 Å². The third kappa shape index (κ3) is 5.40. The highest BCUT2D eigenvalue weighted by Gasteiger charge is 2.21. The maximum Gasteiger partial charge on any atom is 0.166 e. The van der Waals surface area contributed by atoms with Crippen LogP contribution in [0.25, 0.3) is 104 Å². The van der Waals surface area contributed by atoms with Crippen LogP contribution in [0.1, 0.15) is 11.0 Å². The fourth-order valence-corrected chi connectivity index (χ4v) is 8.72. The number of fused-ring (bicyclic) bond motifs is 6. The van der Waals surface area contributed by atoms with Gasteiger partial charge in [-0.15, -0.1) is 11.3 Å². The van der Waals surface area contributed by atoms with Crippen molar-refractivity contribution in [1.29, 1.82) is 0 Å². The number of thiophene rings is 1. The van der Waals surface area contributed by atoms with Crippen molar-refractivity contribution < 1.29 is 11.0 Å². The van der Waals surface area contributed by atoms with Crippen LogP contribution in [-0.4, -0.2) is 19.5 Å². The third-order valence-corrected chi connectivity index (χ3v) is 11.3. The van der Waals surface area contributed by atoms with Gasteiger partial charge in [-0.1, -0.05) is 158 Å². The summed E-state index contributed by atoms with van der Waals surface area (Å²) >= 11 is 1.67. The topological polar surface area (TPSA) is 43.6 Å². The fraction of sp³-hybridized carbons (Fsp3) is 0. The van der Waals surface area contributed by atoms with E-state index in [0.29, 0.717) is 22.9 Å². The molecule has 11 rings (SSSR count). The molecule has 3 aromatic heterocycles. The van der Waals surface area contributed by atoms with Gasteiger partial charge in [-0.05, 0) is 58.6 Å². The van der Waals surface area contributed by atoms with Gasteiger partial charge in [-0.25, -0.2) is 15.0 Å². The Bertz CT molecular complexity index is 3570. The zero-order valence-corrected chi connectivity index (χ0v) is 30.4. The zero-order valence-electron chi connectivity index (χ0n) is 37.6. The second-order valence-corrected chi connectivity index (χ2v) is 14.5. The van der Waals surface area contributed by atoms with Crippen LogP contribution in [0.3, 0.4) is 0 Å². The second-order valence-electron chi connectivity index (χ2n) is 13.4. The van der Waals surface area contributed by atoms with Gasteiger partial charge in [0.15, 0.2) is 17.5 Å². The molecule has 0 bridgehead atoms. The van der Waals surface area contributed by atoms with E-state index in [9.17, 15) is 2.74 Å². The highest BCUT2D eigenvalue weighted by atomic mass is 32.1. The maximum absolute atomic E-state index is 9.36. The number of aromatic nitrogens is 4. The molecule has 8 aromatic carbocycles. The minimum atomic E-state index is -0.512. The number of para-hydroxylation sites is 2. The van der Waals surface area contributed by atoms with Gasteiger partial charge in [0.2, 0.25) is 0 Å². The van der Waals surface area contributed by atoms with E-state index in [-0.39, 0.29) is 27.6 Å². The van der Waals surface area contributed by atoms with Crippen LogP contribution in [0.15, 0.2) is 194 Å². The predicted molar refractivity (Wildman–Crippen MR) is 234 cm³/mol. The van der Waals surface area contributed by atoms with Crippen molar-refractivity contribution in [3.63, 3.8) is 0 Å². The molecule has 0 radical (unpaired) electrons. The molecule has 56 heavy (non-hydrogen) atoms. The first kappa shape index (κ1) is 25.0. The Morgan fingerprint density at radius 2 is 0.982 bits per heavy atom. The lowest BCUT2D eigenvalue weighted by atomic mass is 9.98. The minimum absolute atomic E-state index is 0.000494. The Kier molecular flexibility index (Phi) is 5.92. The van der Waals surface area contributed by atoms with Crippen LogP contribution < -0.4 is 0 Å². The lowest BCUT2D eigenvalue weighted by molar-refractivity contribution is 1.06. The maximum atomic E-state index is 9.36. The van der Waals surface area contributed by atoms with Crippen molar-refractivity contribution in [1.82, 2.24) is 19.5 Å². The molecule has 0 saturated heterocycles. The molecular weight excluding hydrogens is 701 g/mol. The molecular formula is C51H32N4S. The van der Waals surface area contributed by atoms with Crippen LogP contribution in [0, 0.1) is 0 Å². The van der Waals surface area contributed by atoms with Crippen molar-refractivity contribution in [3.05, 3.63) is 194 Å². The van der Waals surface area contributed by atoms with Gasteiger partial charge in [0.05, 0.1) is 27.7 Å². The Balaban J connectivity index is 1.26. The molecule has 0 aliphatic carbocycles. The number of nitrogens with zero attached hydrogens (tertiary/aromatic N) is 4. The van der Waals surface area contributed by atoms with Gasteiger partial charge in [-0.2, -0.15) is 0 Å². The molecule has 0 saturated carbocycles. The van der Waals surface area contributed by atoms with E-state index >= 15 is 0 Å². The van der Waals surface area contributed by atoms with E-state index in [2.05, 4.69) is 36.4 Å². The highest BCUT2D eigenvalue weighted by Crippen LogP contribution is 2.44. The predicted octanol–water partition coefficient (Wildman–Crippen LogP) is 13.7. The summed E-state index contributed by atoms with van der Waals surface area (Å²) in [4.78, 5) is 15.0. The first-order chi connectivity index (χ1) is 31.1. The number of hydrogen-bond acceptors (Lipinski definition) is 4. The van der Waals surface area contributed by atoms with Crippen LogP contribution >= 0.6 is 11.3 Å².